The van der Waals surface area contributed by atoms with E-state index in [1.807, 2.05) is 50.5 Å². The number of amides is 1. The molecule has 1 amide bonds. The summed E-state index contributed by atoms with van der Waals surface area (Å²) in [6.45, 7) is 1.53. The molecule has 5 rings (SSSR count). The lowest BCUT2D eigenvalue weighted by molar-refractivity contribution is -0.00456. The Bertz CT molecular complexity index is 1320. The monoisotopic (exact) mass is 500 g/mol. The third kappa shape index (κ3) is 5.24. The molecule has 190 valence electrons. The number of carbonyl (C=O) groups excluding carboxylic acids is 2. The van der Waals surface area contributed by atoms with Gasteiger partial charge in [-0.1, -0.05) is 30.3 Å². The SMILES string of the molecule is CN(C)CCCNC(=O)c1ccc(C2=NN3C(C(=O)c4ccc(F)cc4)Oc4ccccc4C3C2)cc1. The van der Waals surface area contributed by atoms with Gasteiger partial charge in [0.1, 0.15) is 11.6 Å². The van der Waals surface area contributed by atoms with Gasteiger partial charge in [0, 0.05) is 29.7 Å². The zero-order valence-corrected chi connectivity index (χ0v) is 20.9. The molecule has 0 bridgehead atoms. The maximum atomic E-state index is 13.4. The quantitative estimate of drug-likeness (QED) is 0.370. The lowest BCUT2D eigenvalue weighted by atomic mass is 9.95. The zero-order valence-electron chi connectivity index (χ0n) is 20.9. The Hall–Kier alpha value is -4.04. The standard InChI is InChI=1S/C29H29FN4O3/c1-33(2)17-5-16-31-28(36)21-10-8-19(9-11-21)24-18-25-23-6-3-4-7-26(23)37-29(34(25)32-24)27(35)20-12-14-22(30)15-13-20/h3-4,6-15,25,29H,5,16-18H2,1-2H3,(H,31,36). The van der Waals surface area contributed by atoms with Crippen molar-refractivity contribution in [2.45, 2.75) is 25.1 Å². The lowest BCUT2D eigenvalue weighted by Gasteiger charge is -2.37. The highest BCUT2D eigenvalue weighted by Crippen LogP contribution is 2.43. The molecule has 2 atom stereocenters. The van der Waals surface area contributed by atoms with Crippen LogP contribution >= 0.6 is 0 Å². The Morgan fingerprint density at radius 3 is 2.46 bits per heavy atom. The van der Waals surface area contributed by atoms with Crippen molar-refractivity contribution in [3.8, 4) is 5.75 Å². The number of Topliss-reactive ketones (excluding diaryl/α,β-unsaturated/α-hetero) is 1. The topological polar surface area (TPSA) is 74.2 Å². The van der Waals surface area contributed by atoms with Crippen molar-refractivity contribution in [1.29, 1.82) is 0 Å². The van der Waals surface area contributed by atoms with Crippen LogP contribution in [-0.2, 0) is 0 Å². The Labute approximate surface area is 215 Å². The molecule has 37 heavy (non-hydrogen) atoms. The molecule has 0 spiro atoms. The van der Waals surface area contributed by atoms with Crippen LogP contribution in [0.25, 0.3) is 0 Å². The molecular formula is C29H29FN4O3. The Morgan fingerprint density at radius 2 is 1.73 bits per heavy atom. The molecule has 0 fully saturated rings. The first kappa shape index (κ1) is 24.6. The molecule has 3 aromatic carbocycles. The molecule has 0 aromatic heterocycles. The largest absolute Gasteiger partial charge is 0.461 e. The van der Waals surface area contributed by atoms with Crippen LogP contribution in [0.4, 0.5) is 4.39 Å². The van der Waals surface area contributed by atoms with Crippen LogP contribution in [0, 0.1) is 5.82 Å². The van der Waals surface area contributed by atoms with Crippen molar-refractivity contribution in [1.82, 2.24) is 15.2 Å². The number of nitrogens with zero attached hydrogens (tertiary/aromatic N) is 3. The number of halogens is 1. The van der Waals surface area contributed by atoms with E-state index in [0.717, 1.165) is 29.8 Å². The summed E-state index contributed by atoms with van der Waals surface area (Å²) in [5.74, 6) is -0.160. The number of hydrogen-bond donors (Lipinski definition) is 1. The maximum Gasteiger partial charge on any atom is 0.251 e. The van der Waals surface area contributed by atoms with Crippen molar-refractivity contribution in [3.63, 3.8) is 0 Å². The van der Waals surface area contributed by atoms with Gasteiger partial charge in [0.25, 0.3) is 12.1 Å². The summed E-state index contributed by atoms with van der Waals surface area (Å²) in [7, 11) is 4.01. The lowest BCUT2D eigenvalue weighted by Crippen LogP contribution is -2.45. The minimum absolute atomic E-state index is 0.108. The number of para-hydroxylation sites is 1. The average Bonchev–Trinajstić information content (AvgIpc) is 3.36. The van der Waals surface area contributed by atoms with E-state index in [1.54, 1.807) is 17.1 Å². The Morgan fingerprint density at radius 1 is 1.03 bits per heavy atom. The first-order valence-electron chi connectivity index (χ1n) is 12.4. The normalized spacial score (nSPS) is 18.1. The van der Waals surface area contributed by atoms with Crippen LogP contribution in [0.1, 0.15) is 50.7 Å². The summed E-state index contributed by atoms with van der Waals surface area (Å²) in [5.41, 5.74) is 3.58. The van der Waals surface area contributed by atoms with Crippen molar-refractivity contribution >= 4 is 17.4 Å². The molecule has 7 nitrogen and oxygen atoms in total. The number of ether oxygens (including phenoxy) is 1. The fourth-order valence-electron chi connectivity index (χ4n) is 4.65. The van der Waals surface area contributed by atoms with Crippen LogP contribution in [0.3, 0.4) is 0 Å². The molecule has 0 saturated carbocycles. The predicted molar refractivity (Wildman–Crippen MR) is 139 cm³/mol. The van der Waals surface area contributed by atoms with Gasteiger partial charge >= 0.3 is 0 Å². The van der Waals surface area contributed by atoms with Crippen molar-refractivity contribution in [3.05, 3.63) is 101 Å². The van der Waals surface area contributed by atoms with Crippen molar-refractivity contribution in [2.75, 3.05) is 27.2 Å². The van der Waals surface area contributed by atoms with Crippen LogP contribution in [-0.4, -0.2) is 60.7 Å². The van der Waals surface area contributed by atoms with Crippen molar-refractivity contribution in [2.24, 2.45) is 5.10 Å². The number of hydrogen-bond acceptors (Lipinski definition) is 6. The third-order valence-corrected chi connectivity index (χ3v) is 6.60. The van der Waals surface area contributed by atoms with Crippen LogP contribution < -0.4 is 10.1 Å². The maximum absolute atomic E-state index is 13.4. The third-order valence-electron chi connectivity index (χ3n) is 6.60. The number of nitrogens with one attached hydrogen (secondary N) is 1. The second-order valence-corrected chi connectivity index (χ2v) is 9.52. The molecule has 2 aliphatic rings. The van der Waals surface area contributed by atoms with E-state index >= 15 is 0 Å². The Balaban J connectivity index is 1.36. The molecule has 0 radical (unpaired) electrons. The molecule has 2 aliphatic heterocycles. The van der Waals surface area contributed by atoms with E-state index < -0.39 is 12.0 Å². The summed E-state index contributed by atoms with van der Waals surface area (Å²) >= 11 is 0. The van der Waals surface area contributed by atoms with Crippen LogP contribution in [0.15, 0.2) is 77.9 Å². The van der Waals surface area contributed by atoms with Crippen LogP contribution in [0.2, 0.25) is 0 Å². The summed E-state index contributed by atoms with van der Waals surface area (Å²) in [5, 5.41) is 9.46. The van der Waals surface area contributed by atoms with E-state index in [9.17, 15) is 14.0 Å². The van der Waals surface area contributed by atoms with E-state index in [2.05, 4.69) is 10.2 Å². The number of ketones is 1. The molecular weight excluding hydrogens is 471 g/mol. The van der Waals surface area contributed by atoms with Crippen molar-refractivity contribution < 1.29 is 18.7 Å². The molecule has 3 aromatic rings. The highest BCUT2D eigenvalue weighted by atomic mass is 19.1. The fraction of sp³-hybridized carbons (Fsp3) is 0.276. The van der Waals surface area contributed by atoms with Gasteiger partial charge in [-0.05, 0) is 75.1 Å². The molecule has 2 unspecified atom stereocenters. The highest BCUT2D eigenvalue weighted by Gasteiger charge is 2.43. The van der Waals surface area contributed by atoms with Gasteiger partial charge in [0.15, 0.2) is 0 Å². The van der Waals surface area contributed by atoms with Gasteiger partial charge in [-0.2, -0.15) is 5.10 Å². The predicted octanol–water partition coefficient (Wildman–Crippen LogP) is 4.26. The molecule has 0 saturated heterocycles. The van der Waals surface area contributed by atoms with Gasteiger partial charge in [0.05, 0.1) is 11.8 Å². The summed E-state index contributed by atoms with van der Waals surface area (Å²) < 4.78 is 19.5. The fourth-order valence-corrected chi connectivity index (χ4v) is 4.65. The molecule has 8 heteroatoms. The smallest absolute Gasteiger partial charge is 0.251 e. The number of fused-ring (bicyclic) bond motifs is 3. The summed E-state index contributed by atoms with van der Waals surface area (Å²) in [6, 6.07) is 20.3. The van der Waals surface area contributed by atoms with Gasteiger partial charge in [-0.15, -0.1) is 0 Å². The van der Waals surface area contributed by atoms with E-state index in [-0.39, 0.29) is 17.7 Å². The molecule has 0 aliphatic carbocycles. The minimum Gasteiger partial charge on any atom is -0.461 e. The van der Waals surface area contributed by atoms with Gasteiger partial charge < -0.3 is 15.0 Å². The first-order chi connectivity index (χ1) is 17.9. The Kier molecular flexibility index (Phi) is 7.01. The van der Waals surface area contributed by atoms with Gasteiger partial charge in [-0.3, -0.25) is 9.59 Å². The molecule has 1 N–H and O–H groups in total. The summed E-state index contributed by atoms with van der Waals surface area (Å²) in [4.78, 5) is 27.9. The second-order valence-electron chi connectivity index (χ2n) is 9.52. The van der Waals surface area contributed by atoms with Gasteiger partial charge in [-0.25, -0.2) is 9.40 Å². The highest BCUT2D eigenvalue weighted by molar-refractivity contribution is 6.04. The zero-order chi connectivity index (χ0) is 25.9. The van der Waals surface area contributed by atoms with E-state index in [1.165, 1.54) is 24.3 Å². The van der Waals surface area contributed by atoms with Gasteiger partial charge in [0.2, 0.25) is 5.78 Å². The first-order valence-corrected chi connectivity index (χ1v) is 12.4. The average molecular weight is 501 g/mol. The van der Waals surface area contributed by atoms with Crippen LogP contribution in [0.5, 0.6) is 5.75 Å². The molecule has 2 heterocycles. The summed E-state index contributed by atoms with van der Waals surface area (Å²) in [6.07, 6.45) is 0.505. The number of hydrazone groups is 1. The number of carbonyl (C=O) groups is 2. The number of benzene rings is 3. The second kappa shape index (κ2) is 10.5. The van der Waals surface area contributed by atoms with E-state index in [0.29, 0.717) is 29.8 Å². The van der Waals surface area contributed by atoms with E-state index in [4.69, 9.17) is 9.84 Å². The minimum atomic E-state index is -0.963. The number of rotatable bonds is 8.